The molecule has 4 bridgehead atoms. The van der Waals surface area contributed by atoms with E-state index in [2.05, 4.69) is 31.0 Å². The highest BCUT2D eigenvalue weighted by atomic mass is 16.3. The summed E-state index contributed by atoms with van der Waals surface area (Å²) in [5, 5.41) is 13.9. The Hall–Kier alpha value is -0.770. The quantitative estimate of drug-likeness (QED) is 0.821. The van der Waals surface area contributed by atoms with Gasteiger partial charge in [0.1, 0.15) is 0 Å². The molecule has 0 radical (unpaired) electrons. The van der Waals surface area contributed by atoms with E-state index in [0.29, 0.717) is 29.7 Å². The fraction of sp³-hybridized carbons (Fsp3) is 0.941. The third-order valence-corrected chi connectivity index (χ3v) is 6.98. The van der Waals surface area contributed by atoms with Crippen molar-refractivity contribution in [2.24, 2.45) is 23.7 Å². The first-order chi connectivity index (χ1) is 9.80. The molecule has 1 heterocycles. The lowest BCUT2D eigenvalue weighted by Crippen LogP contribution is -2.62. The molecule has 2 N–H and O–H groups in total. The van der Waals surface area contributed by atoms with E-state index in [1.165, 1.54) is 12.8 Å². The van der Waals surface area contributed by atoms with Gasteiger partial charge in [0.2, 0.25) is 0 Å². The van der Waals surface area contributed by atoms with Crippen molar-refractivity contribution >= 4 is 6.03 Å². The SMILES string of the molecule is CC(C)C1(C)CN(C2C3CC4CC2CC(O)(C4)C3)C(=O)N1. The Balaban J connectivity index is 1.59. The standard InChI is InChI=1S/C17H28N2O2/c1-10(2)16(3)9-19(15(20)18-16)14-12-4-11-5-13(14)8-17(21,6-11)7-12/h10-14,21H,4-9H2,1-3H3,(H,18,20). The number of rotatable bonds is 2. The lowest BCUT2D eigenvalue weighted by atomic mass is 9.52. The number of hydrogen-bond acceptors (Lipinski definition) is 2. The molecule has 5 aliphatic rings. The fourth-order valence-electron chi connectivity index (χ4n) is 5.81. The average molecular weight is 292 g/mol. The summed E-state index contributed by atoms with van der Waals surface area (Å²) in [6.07, 6.45) is 5.25. The third-order valence-electron chi connectivity index (χ3n) is 6.98. The van der Waals surface area contributed by atoms with Gasteiger partial charge in [-0.15, -0.1) is 0 Å². The van der Waals surface area contributed by atoms with Crippen molar-refractivity contribution in [3.63, 3.8) is 0 Å². The van der Waals surface area contributed by atoms with Gasteiger partial charge < -0.3 is 15.3 Å². The zero-order chi connectivity index (χ0) is 15.0. The van der Waals surface area contributed by atoms with E-state index in [4.69, 9.17) is 0 Å². The van der Waals surface area contributed by atoms with Crippen molar-refractivity contribution in [3.8, 4) is 0 Å². The van der Waals surface area contributed by atoms with Crippen molar-refractivity contribution in [1.29, 1.82) is 0 Å². The number of carbonyl (C=O) groups is 1. The van der Waals surface area contributed by atoms with Crippen LogP contribution in [0.4, 0.5) is 4.79 Å². The Morgan fingerprint density at radius 3 is 2.33 bits per heavy atom. The average Bonchev–Trinajstić information content (AvgIpc) is 2.63. The summed E-state index contributed by atoms with van der Waals surface area (Å²) in [6, 6.07) is 0.484. The molecule has 2 amide bonds. The van der Waals surface area contributed by atoms with Crippen LogP contribution < -0.4 is 5.32 Å². The van der Waals surface area contributed by atoms with Gasteiger partial charge in [-0.3, -0.25) is 0 Å². The van der Waals surface area contributed by atoms with Crippen molar-refractivity contribution in [3.05, 3.63) is 0 Å². The number of hydrogen-bond donors (Lipinski definition) is 2. The van der Waals surface area contributed by atoms with Crippen LogP contribution in [0.2, 0.25) is 0 Å². The molecule has 1 saturated heterocycles. The molecule has 0 aromatic rings. The maximum absolute atomic E-state index is 12.5. The Morgan fingerprint density at radius 2 is 1.86 bits per heavy atom. The molecule has 4 saturated carbocycles. The minimum Gasteiger partial charge on any atom is -0.390 e. The van der Waals surface area contributed by atoms with Gasteiger partial charge in [-0.25, -0.2) is 4.79 Å². The highest BCUT2D eigenvalue weighted by molar-refractivity contribution is 5.78. The second-order valence-corrected chi connectivity index (χ2v) is 8.82. The van der Waals surface area contributed by atoms with Crippen LogP contribution in [-0.4, -0.2) is 39.8 Å². The molecule has 3 unspecified atom stereocenters. The van der Waals surface area contributed by atoms with Crippen LogP contribution in [0.5, 0.6) is 0 Å². The smallest absolute Gasteiger partial charge is 0.318 e. The van der Waals surface area contributed by atoms with Gasteiger partial charge >= 0.3 is 6.03 Å². The predicted molar refractivity (Wildman–Crippen MR) is 80.8 cm³/mol. The molecule has 5 rings (SSSR count). The Labute approximate surface area is 127 Å². The van der Waals surface area contributed by atoms with E-state index in [9.17, 15) is 9.90 Å². The maximum atomic E-state index is 12.5. The van der Waals surface area contributed by atoms with Gasteiger partial charge in [0.25, 0.3) is 0 Å². The molecule has 1 aliphatic heterocycles. The Kier molecular flexibility index (Phi) is 2.74. The molecule has 4 nitrogen and oxygen atoms in total. The summed E-state index contributed by atoms with van der Waals surface area (Å²) in [6.45, 7) is 7.36. The van der Waals surface area contributed by atoms with Gasteiger partial charge in [0, 0.05) is 12.6 Å². The van der Waals surface area contributed by atoms with Crippen molar-refractivity contribution < 1.29 is 9.90 Å². The number of nitrogens with zero attached hydrogens (tertiary/aromatic N) is 1. The first-order valence-corrected chi connectivity index (χ1v) is 8.61. The topological polar surface area (TPSA) is 52.6 Å². The van der Waals surface area contributed by atoms with E-state index in [0.717, 1.165) is 25.8 Å². The second kappa shape index (κ2) is 4.15. The fourth-order valence-corrected chi connectivity index (χ4v) is 5.81. The van der Waals surface area contributed by atoms with E-state index in [1.54, 1.807) is 0 Å². The third kappa shape index (κ3) is 1.94. The highest BCUT2D eigenvalue weighted by Gasteiger charge is 2.58. The first-order valence-electron chi connectivity index (χ1n) is 8.61. The van der Waals surface area contributed by atoms with Crippen molar-refractivity contribution in [2.75, 3.05) is 6.54 Å². The first kappa shape index (κ1) is 13.9. The summed E-state index contributed by atoms with van der Waals surface area (Å²) >= 11 is 0. The van der Waals surface area contributed by atoms with Crippen molar-refractivity contribution in [2.45, 2.75) is 70.1 Å². The summed E-state index contributed by atoms with van der Waals surface area (Å²) < 4.78 is 0. The van der Waals surface area contributed by atoms with Gasteiger partial charge in [-0.2, -0.15) is 0 Å². The number of amides is 2. The number of carbonyl (C=O) groups excluding carboxylic acids is 1. The number of urea groups is 1. The van der Waals surface area contributed by atoms with Crippen LogP contribution in [-0.2, 0) is 0 Å². The van der Waals surface area contributed by atoms with E-state index < -0.39 is 5.60 Å². The summed E-state index contributed by atoms with van der Waals surface area (Å²) in [7, 11) is 0. The molecule has 5 fully saturated rings. The van der Waals surface area contributed by atoms with Crippen LogP contribution in [0, 0.1) is 23.7 Å². The normalized spacial score (nSPS) is 51.9. The summed E-state index contributed by atoms with van der Waals surface area (Å²) in [4.78, 5) is 14.7. The molecule has 0 aromatic heterocycles. The van der Waals surface area contributed by atoms with Gasteiger partial charge in [0.15, 0.2) is 0 Å². The van der Waals surface area contributed by atoms with E-state index in [-0.39, 0.29) is 11.6 Å². The summed E-state index contributed by atoms with van der Waals surface area (Å²) in [5.74, 6) is 2.17. The van der Waals surface area contributed by atoms with E-state index >= 15 is 0 Å². The predicted octanol–water partition coefficient (Wildman–Crippen LogP) is 2.37. The van der Waals surface area contributed by atoms with Crippen LogP contribution in [0.3, 0.4) is 0 Å². The zero-order valence-corrected chi connectivity index (χ0v) is 13.4. The zero-order valence-electron chi connectivity index (χ0n) is 13.4. The molecule has 0 aromatic carbocycles. The summed E-state index contributed by atoms with van der Waals surface area (Å²) in [5.41, 5.74) is -0.521. The highest BCUT2D eigenvalue weighted by Crippen LogP contribution is 2.57. The molecule has 4 heteroatoms. The largest absolute Gasteiger partial charge is 0.390 e. The number of nitrogens with one attached hydrogen (secondary N) is 1. The molecule has 118 valence electrons. The van der Waals surface area contributed by atoms with Gasteiger partial charge in [0.05, 0.1) is 11.1 Å². The van der Waals surface area contributed by atoms with Crippen LogP contribution in [0.15, 0.2) is 0 Å². The molecule has 0 spiro atoms. The van der Waals surface area contributed by atoms with Crippen molar-refractivity contribution in [1.82, 2.24) is 10.2 Å². The minimum atomic E-state index is -0.412. The lowest BCUT2D eigenvalue weighted by molar-refractivity contribution is -0.152. The molecule has 3 atom stereocenters. The Bertz CT molecular complexity index is 461. The molecular formula is C17H28N2O2. The molecular weight excluding hydrogens is 264 g/mol. The van der Waals surface area contributed by atoms with Crippen LogP contribution >= 0.6 is 0 Å². The van der Waals surface area contributed by atoms with Crippen LogP contribution in [0.1, 0.15) is 52.9 Å². The molecule has 21 heavy (non-hydrogen) atoms. The Morgan fingerprint density at radius 1 is 1.24 bits per heavy atom. The minimum absolute atomic E-state index is 0.108. The van der Waals surface area contributed by atoms with E-state index in [1.807, 2.05) is 0 Å². The lowest BCUT2D eigenvalue weighted by Gasteiger charge is -2.59. The van der Waals surface area contributed by atoms with Gasteiger partial charge in [-0.1, -0.05) is 13.8 Å². The maximum Gasteiger partial charge on any atom is 0.318 e. The molecule has 4 aliphatic carbocycles. The van der Waals surface area contributed by atoms with Gasteiger partial charge in [-0.05, 0) is 62.7 Å². The number of aliphatic hydroxyl groups is 1. The van der Waals surface area contributed by atoms with Crippen LogP contribution in [0.25, 0.3) is 0 Å². The second-order valence-electron chi connectivity index (χ2n) is 8.82. The monoisotopic (exact) mass is 292 g/mol.